The molecule has 18 heavy (non-hydrogen) atoms. The van der Waals surface area contributed by atoms with Gasteiger partial charge in [0, 0.05) is 29.6 Å². The van der Waals surface area contributed by atoms with Gasteiger partial charge in [0.1, 0.15) is 5.82 Å². The smallest absolute Gasteiger partial charge is 0.367 e. The van der Waals surface area contributed by atoms with E-state index in [-0.39, 0.29) is 23.1 Å². The summed E-state index contributed by atoms with van der Waals surface area (Å²) >= 11 is 2.75. The van der Waals surface area contributed by atoms with Crippen molar-refractivity contribution in [3.63, 3.8) is 0 Å². The normalized spacial score (nSPS) is 19.4. The molecule has 0 bridgehead atoms. The maximum atomic E-state index is 12.6. The topological polar surface area (TPSA) is 24.9 Å². The molecule has 0 unspecified atom stereocenters. The lowest BCUT2D eigenvalue weighted by Gasteiger charge is -2.35. The predicted molar refractivity (Wildman–Crippen MR) is 58.5 cm³/mol. The Hall–Kier alpha value is -0.920. The Labute approximate surface area is 108 Å². The number of hydrogen-bond acceptors (Lipinski definition) is 2. The van der Waals surface area contributed by atoms with Crippen molar-refractivity contribution < 1.29 is 22.0 Å². The van der Waals surface area contributed by atoms with Gasteiger partial charge >= 0.3 is 6.18 Å². The van der Waals surface area contributed by atoms with Crippen molar-refractivity contribution in [3.8, 4) is 0 Å². The first-order valence-corrected chi connectivity index (χ1v) is 5.84. The molecule has 2 rings (SSSR count). The maximum absolute atomic E-state index is 12.6. The van der Waals surface area contributed by atoms with Crippen molar-refractivity contribution in [3.05, 3.63) is 22.3 Å². The Balaban J connectivity index is 2.11. The van der Waals surface area contributed by atoms with Gasteiger partial charge in [0.2, 0.25) is 0 Å². The monoisotopic (exact) mass is 330 g/mol. The third-order valence-electron chi connectivity index (χ3n) is 2.60. The zero-order valence-corrected chi connectivity index (χ0v) is 10.4. The molecule has 100 valence electrons. The number of anilines is 1. The van der Waals surface area contributed by atoms with Gasteiger partial charge in [-0.2, -0.15) is 13.2 Å². The van der Waals surface area contributed by atoms with Crippen molar-refractivity contribution in [1.82, 2.24) is 4.98 Å². The first kappa shape index (κ1) is 13.5. The quantitative estimate of drug-likeness (QED) is 0.827. The molecule has 0 radical (unpaired) electrons. The van der Waals surface area contributed by atoms with E-state index in [1.165, 1.54) is 0 Å². The molecule has 2 nitrogen and oxygen atoms in total. The van der Waals surface area contributed by atoms with Crippen LogP contribution in [0.15, 0.2) is 16.7 Å². The standard InChI is InChI=1S/C10H8BrF5N2/c11-7-4-17-8(1-6(7)10(14,15)16)18-5-2-9(12,13)3-5/h1,4-5H,2-3H2,(H,17,18). The Kier molecular flexibility index (Phi) is 3.25. The lowest BCUT2D eigenvalue weighted by Crippen LogP contribution is -2.44. The molecule has 1 fully saturated rings. The number of nitrogens with zero attached hydrogens (tertiary/aromatic N) is 1. The van der Waals surface area contributed by atoms with Crippen molar-refractivity contribution in [2.45, 2.75) is 31.0 Å². The molecule has 0 atom stereocenters. The highest BCUT2D eigenvalue weighted by molar-refractivity contribution is 9.10. The molecule has 0 amide bonds. The van der Waals surface area contributed by atoms with Gasteiger partial charge in [-0.25, -0.2) is 13.8 Å². The lowest BCUT2D eigenvalue weighted by atomic mass is 9.88. The fraction of sp³-hybridized carbons (Fsp3) is 0.500. The summed E-state index contributed by atoms with van der Waals surface area (Å²) in [5.74, 6) is -2.77. The Morgan fingerprint density at radius 3 is 2.44 bits per heavy atom. The van der Waals surface area contributed by atoms with Crippen LogP contribution in [0.2, 0.25) is 0 Å². The van der Waals surface area contributed by atoms with Crippen LogP contribution >= 0.6 is 15.9 Å². The van der Waals surface area contributed by atoms with Crippen molar-refractivity contribution in [1.29, 1.82) is 0 Å². The molecule has 8 heteroatoms. The molecule has 1 aromatic rings. The summed E-state index contributed by atoms with van der Waals surface area (Å²) in [6.45, 7) is 0. The highest BCUT2D eigenvalue weighted by Gasteiger charge is 2.45. The van der Waals surface area contributed by atoms with E-state index in [0.29, 0.717) is 0 Å². The number of halogens is 6. The van der Waals surface area contributed by atoms with Crippen molar-refractivity contribution in [2.75, 3.05) is 5.32 Å². The molecule has 0 aromatic carbocycles. The van der Waals surface area contributed by atoms with Gasteiger partial charge in [0.05, 0.1) is 5.56 Å². The third kappa shape index (κ3) is 2.90. The molecule has 1 aromatic heterocycles. The van der Waals surface area contributed by atoms with Crippen molar-refractivity contribution in [2.24, 2.45) is 0 Å². The summed E-state index contributed by atoms with van der Waals surface area (Å²) in [6.07, 6.45) is -4.28. The van der Waals surface area contributed by atoms with E-state index >= 15 is 0 Å². The van der Waals surface area contributed by atoms with Gasteiger partial charge in [0.25, 0.3) is 5.92 Å². The van der Waals surface area contributed by atoms with E-state index in [1.807, 2.05) is 0 Å². The van der Waals surface area contributed by atoms with Gasteiger partial charge in [0.15, 0.2) is 0 Å². The second-order valence-corrected chi connectivity index (χ2v) is 5.01. The zero-order chi connectivity index (χ0) is 13.6. The molecule has 0 saturated heterocycles. The van der Waals surface area contributed by atoms with Crippen molar-refractivity contribution >= 4 is 21.7 Å². The van der Waals surface area contributed by atoms with E-state index < -0.39 is 23.7 Å². The minimum atomic E-state index is -4.51. The van der Waals surface area contributed by atoms with Crippen LogP contribution in [0.5, 0.6) is 0 Å². The van der Waals surface area contributed by atoms with E-state index in [4.69, 9.17) is 0 Å². The Morgan fingerprint density at radius 2 is 1.94 bits per heavy atom. The number of hydrogen-bond donors (Lipinski definition) is 1. The van der Waals surface area contributed by atoms with Crippen LogP contribution in [0.3, 0.4) is 0 Å². The Morgan fingerprint density at radius 1 is 1.33 bits per heavy atom. The number of rotatable bonds is 2. The summed E-state index contributed by atoms with van der Waals surface area (Å²) in [4.78, 5) is 3.72. The average molecular weight is 331 g/mol. The summed E-state index contributed by atoms with van der Waals surface area (Å²) in [7, 11) is 0. The third-order valence-corrected chi connectivity index (χ3v) is 3.23. The number of alkyl halides is 5. The summed E-state index contributed by atoms with van der Waals surface area (Å²) in [5, 5.41) is 2.56. The molecule has 1 saturated carbocycles. The zero-order valence-electron chi connectivity index (χ0n) is 8.86. The summed E-state index contributed by atoms with van der Waals surface area (Å²) in [5.41, 5.74) is -0.883. The van der Waals surface area contributed by atoms with Crippen LogP contribution in [0.1, 0.15) is 18.4 Å². The number of nitrogens with one attached hydrogen (secondary N) is 1. The van der Waals surface area contributed by atoms with Gasteiger partial charge in [-0.15, -0.1) is 0 Å². The Bertz CT molecular complexity index is 452. The van der Waals surface area contributed by atoms with Crippen LogP contribution in [-0.2, 0) is 6.18 Å². The first-order chi connectivity index (χ1) is 8.17. The van der Waals surface area contributed by atoms with Gasteiger partial charge < -0.3 is 5.32 Å². The van der Waals surface area contributed by atoms with Gasteiger partial charge in [-0.1, -0.05) is 0 Å². The largest absolute Gasteiger partial charge is 0.417 e. The van der Waals surface area contributed by atoms with Crippen LogP contribution < -0.4 is 5.32 Å². The van der Waals surface area contributed by atoms with Crippen LogP contribution in [0.25, 0.3) is 0 Å². The summed E-state index contributed by atoms with van der Waals surface area (Å²) in [6, 6.07) is 0.273. The molecular formula is C10H8BrF5N2. The van der Waals surface area contributed by atoms with Gasteiger partial charge in [-0.05, 0) is 22.0 Å². The minimum absolute atomic E-state index is 0.0500. The molecule has 1 heterocycles. The summed E-state index contributed by atoms with van der Waals surface area (Å²) < 4.78 is 62.7. The fourth-order valence-electron chi connectivity index (χ4n) is 1.71. The predicted octanol–water partition coefficient (Wildman–Crippen LogP) is 4.07. The van der Waals surface area contributed by atoms with E-state index in [9.17, 15) is 22.0 Å². The second-order valence-electron chi connectivity index (χ2n) is 4.15. The first-order valence-electron chi connectivity index (χ1n) is 5.04. The fourth-order valence-corrected chi connectivity index (χ4v) is 2.15. The molecule has 1 aliphatic rings. The van der Waals surface area contributed by atoms with E-state index in [2.05, 4.69) is 26.2 Å². The van der Waals surface area contributed by atoms with Crippen LogP contribution in [0, 0.1) is 0 Å². The van der Waals surface area contributed by atoms with Crippen LogP contribution in [-0.4, -0.2) is 16.9 Å². The number of pyridine rings is 1. The average Bonchev–Trinajstić information content (AvgIpc) is 2.16. The van der Waals surface area contributed by atoms with E-state index in [0.717, 1.165) is 12.3 Å². The molecule has 1 N–H and O–H groups in total. The highest BCUT2D eigenvalue weighted by Crippen LogP contribution is 2.40. The van der Waals surface area contributed by atoms with Crippen LogP contribution in [0.4, 0.5) is 27.8 Å². The molecule has 0 spiro atoms. The maximum Gasteiger partial charge on any atom is 0.417 e. The van der Waals surface area contributed by atoms with Gasteiger partial charge in [-0.3, -0.25) is 0 Å². The molecule has 0 aliphatic heterocycles. The SMILES string of the molecule is FC1(F)CC(Nc2cc(C(F)(F)F)c(Br)cn2)C1. The number of aromatic nitrogens is 1. The highest BCUT2D eigenvalue weighted by atomic mass is 79.9. The van der Waals surface area contributed by atoms with E-state index in [1.54, 1.807) is 0 Å². The molecular weight excluding hydrogens is 323 g/mol. The lowest BCUT2D eigenvalue weighted by molar-refractivity contribution is -0.138. The molecule has 1 aliphatic carbocycles. The second kappa shape index (κ2) is 4.32. The minimum Gasteiger partial charge on any atom is -0.367 e.